The summed E-state index contributed by atoms with van der Waals surface area (Å²) in [6.45, 7) is 5.97. The van der Waals surface area contributed by atoms with Crippen LogP contribution in [0.25, 0.3) is 10.2 Å². The average Bonchev–Trinajstić information content (AvgIpc) is 3.15. The third-order valence-corrected chi connectivity index (χ3v) is 6.45. The summed E-state index contributed by atoms with van der Waals surface area (Å²) in [5.41, 5.74) is 7.58. The second-order valence-electron chi connectivity index (χ2n) is 6.49. The van der Waals surface area contributed by atoms with Crippen LogP contribution >= 0.6 is 34.7 Å². The predicted octanol–water partition coefficient (Wildman–Crippen LogP) is 5.03. The third-order valence-electron chi connectivity index (χ3n) is 4.02. The Kier molecular flexibility index (Phi) is 8.00. The van der Waals surface area contributed by atoms with Crippen molar-refractivity contribution in [1.82, 2.24) is 4.98 Å². The zero-order chi connectivity index (χ0) is 22.4. The lowest BCUT2D eigenvalue weighted by Gasteiger charge is -2.14. The summed E-state index contributed by atoms with van der Waals surface area (Å²) < 4.78 is 13.0. The summed E-state index contributed by atoms with van der Waals surface area (Å²) >= 11 is 8.88. The Labute approximate surface area is 193 Å². The van der Waals surface area contributed by atoms with Crippen molar-refractivity contribution in [3.63, 3.8) is 0 Å². The van der Waals surface area contributed by atoms with E-state index in [1.807, 2.05) is 32.0 Å². The second kappa shape index (κ2) is 10.7. The number of aryl methyl sites for hydroxylation is 1. The monoisotopic (exact) mass is 479 g/mol. The highest BCUT2D eigenvalue weighted by Crippen LogP contribution is 2.31. The number of nitrogens with two attached hydrogens (primary N) is 1. The highest BCUT2D eigenvalue weighted by atomic mass is 35.5. The Morgan fingerprint density at radius 1 is 1.32 bits per heavy atom. The molecule has 7 nitrogen and oxygen atoms in total. The molecule has 0 unspecified atom stereocenters. The molecule has 3 rings (SSSR count). The third kappa shape index (κ3) is 6.49. The van der Waals surface area contributed by atoms with E-state index in [1.54, 1.807) is 25.1 Å². The van der Waals surface area contributed by atoms with Crippen LogP contribution in [0.3, 0.4) is 0 Å². The first-order valence-electron chi connectivity index (χ1n) is 9.48. The molecule has 0 fully saturated rings. The number of carbonyl (C=O) groups excluding carboxylic acids is 1. The Balaban J connectivity index is 1.52. The van der Waals surface area contributed by atoms with Gasteiger partial charge >= 0.3 is 5.97 Å². The predicted molar refractivity (Wildman–Crippen MR) is 126 cm³/mol. The van der Waals surface area contributed by atoms with Crippen molar-refractivity contribution in [3.05, 3.63) is 47.0 Å². The van der Waals surface area contributed by atoms with Crippen LogP contribution in [-0.4, -0.2) is 35.3 Å². The van der Waals surface area contributed by atoms with Crippen LogP contribution in [0.5, 0.6) is 11.5 Å². The van der Waals surface area contributed by atoms with Crippen molar-refractivity contribution in [1.29, 1.82) is 0 Å². The van der Waals surface area contributed by atoms with E-state index in [2.05, 4.69) is 10.1 Å². The number of nitrogens with zero attached hydrogens (tertiary/aromatic N) is 2. The zero-order valence-electron chi connectivity index (χ0n) is 17.3. The number of thioether (sulfide) groups is 1. The van der Waals surface area contributed by atoms with E-state index in [1.165, 1.54) is 23.1 Å². The van der Waals surface area contributed by atoms with Gasteiger partial charge in [-0.3, -0.25) is 0 Å². The number of ether oxygens (including phenoxy) is 2. The standard InChI is InChI=1S/C21H22ClN3O4S2/c1-4-27-15-6-7-16-18(10-15)31-21(24-16)30-11-19(23)25-29-20(26)13(3)28-17-8-5-14(22)9-12(17)2/h5-10,13H,4,11H2,1-3H3,(H2,23,25)/t13-/m0/s1. The fraction of sp³-hybridized carbons (Fsp3) is 0.286. The fourth-order valence-electron chi connectivity index (χ4n) is 2.53. The van der Waals surface area contributed by atoms with E-state index < -0.39 is 12.1 Å². The van der Waals surface area contributed by atoms with Crippen LogP contribution in [0.4, 0.5) is 0 Å². The first-order valence-corrected chi connectivity index (χ1v) is 11.7. The van der Waals surface area contributed by atoms with Gasteiger partial charge in [0.2, 0.25) is 0 Å². The first kappa shape index (κ1) is 23.2. The van der Waals surface area contributed by atoms with Crippen molar-refractivity contribution in [2.75, 3.05) is 12.4 Å². The lowest BCUT2D eigenvalue weighted by atomic mass is 10.2. The summed E-state index contributed by atoms with van der Waals surface area (Å²) in [5.74, 6) is 1.21. The number of fused-ring (bicyclic) bond motifs is 1. The molecule has 1 atom stereocenters. The van der Waals surface area contributed by atoms with Gasteiger partial charge in [0.15, 0.2) is 16.3 Å². The van der Waals surface area contributed by atoms with E-state index in [4.69, 9.17) is 31.6 Å². The van der Waals surface area contributed by atoms with Gasteiger partial charge in [0.25, 0.3) is 0 Å². The van der Waals surface area contributed by atoms with Gasteiger partial charge in [0.05, 0.1) is 22.6 Å². The van der Waals surface area contributed by atoms with Gasteiger partial charge < -0.3 is 20.0 Å². The van der Waals surface area contributed by atoms with Gasteiger partial charge in [0.1, 0.15) is 11.5 Å². The Morgan fingerprint density at radius 2 is 2.13 bits per heavy atom. The van der Waals surface area contributed by atoms with E-state index in [0.29, 0.717) is 23.1 Å². The lowest BCUT2D eigenvalue weighted by Crippen LogP contribution is -2.26. The molecular weight excluding hydrogens is 458 g/mol. The smallest absolute Gasteiger partial charge is 0.374 e. The highest BCUT2D eigenvalue weighted by Gasteiger charge is 2.18. The molecule has 3 aromatic rings. The van der Waals surface area contributed by atoms with E-state index in [-0.39, 0.29) is 5.84 Å². The maximum absolute atomic E-state index is 12.1. The molecule has 164 valence electrons. The highest BCUT2D eigenvalue weighted by molar-refractivity contribution is 8.01. The minimum atomic E-state index is -0.854. The molecule has 0 saturated heterocycles. The molecular formula is C21H22ClN3O4S2. The van der Waals surface area contributed by atoms with Crippen molar-refractivity contribution >= 4 is 56.7 Å². The van der Waals surface area contributed by atoms with Crippen LogP contribution < -0.4 is 15.2 Å². The number of thiazole rings is 1. The van der Waals surface area contributed by atoms with Gasteiger partial charge in [-0.05, 0) is 62.7 Å². The molecule has 2 N–H and O–H groups in total. The fourth-order valence-corrected chi connectivity index (χ4v) is 4.65. The van der Waals surface area contributed by atoms with Crippen LogP contribution in [0, 0.1) is 6.92 Å². The van der Waals surface area contributed by atoms with Crippen molar-refractivity contribution in [2.24, 2.45) is 10.9 Å². The molecule has 0 saturated carbocycles. The minimum Gasteiger partial charge on any atom is -0.494 e. The molecule has 31 heavy (non-hydrogen) atoms. The topological polar surface area (TPSA) is 96.0 Å². The largest absolute Gasteiger partial charge is 0.494 e. The molecule has 1 heterocycles. The molecule has 10 heteroatoms. The molecule has 1 aromatic heterocycles. The van der Waals surface area contributed by atoms with Crippen LogP contribution in [0.15, 0.2) is 45.9 Å². The van der Waals surface area contributed by atoms with Gasteiger partial charge in [0, 0.05) is 5.02 Å². The molecule has 2 aromatic carbocycles. The van der Waals surface area contributed by atoms with Crippen molar-refractivity contribution < 1.29 is 19.1 Å². The normalized spacial score (nSPS) is 12.6. The quantitative estimate of drug-likeness (QED) is 0.151. The van der Waals surface area contributed by atoms with Crippen LogP contribution in [-0.2, 0) is 9.63 Å². The molecule has 0 bridgehead atoms. The number of carbonyl (C=O) groups is 1. The number of aromatic nitrogens is 1. The summed E-state index contributed by atoms with van der Waals surface area (Å²) in [6.07, 6.45) is -0.854. The molecule has 0 aliphatic rings. The molecule has 0 aliphatic carbocycles. The molecule has 0 aliphatic heterocycles. The van der Waals surface area contributed by atoms with E-state index in [0.717, 1.165) is 25.9 Å². The molecule has 0 spiro atoms. The number of oxime groups is 1. The van der Waals surface area contributed by atoms with Crippen LogP contribution in [0.2, 0.25) is 5.02 Å². The number of amidine groups is 1. The van der Waals surface area contributed by atoms with Crippen molar-refractivity contribution in [3.8, 4) is 11.5 Å². The number of hydrogen-bond donors (Lipinski definition) is 1. The zero-order valence-corrected chi connectivity index (χ0v) is 19.6. The van der Waals surface area contributed by atoms with Gasteiger partial charge in [-0.2, -0.15) is 0 Å². The SMILES string of the molecule is CCOc1ccc2nc(SC/C(N)=N\OC(=O)[C@H](C)Oc3ccc(Cl)cc3C)sc2c1. The van der Waals surface area contributed by atoms with Gasteiger partial charge in [-0.25, -0.2) is 9.78 Å². The van der Waals surface area contributed by atoms with Crippen LogP contribution in [0.1, 0.15) is 19.4 Å². The maximum Gasteiger partial charge on any atom is 0.374 e. The lowest BCUT2D eigenvalue weighted by molar-refractivity contribution is -0.151. The number of rotatable bonds is 9. The minimum absolute atomic E-state index is 0.169. The molecule has 0 amide bonds. The van der Waals surface area contributed by atoms with Crippen molar-refractivity contribution in [2.45, 2.75) is 31.2 Å². The van der Waals surface area contributed by atoms with Gasteiger partial charge in [-0.15, -0.1) is 11.3 Å². The van der Waals surface area contributed by atoms with E-state index >= 15 is 0 Å². The summed E-state index contributed by atoms with van der Waals surface area (Å²) in [7, 11) is 0. The maximum atomic E-state index is 12.1. The Hall–Kier alpha value is -2.49. The number of hydrogen-bond acceptors (Lipinski definition) is 8. The first-order chi connectivity index (χ1) is 14.9. The number of benzene rings is 2. The second-order valence-corrected chi connectivity index (χ2v) is 9.18. The van der Waals surface area contributed by atoms with E-state index in [9.17, 15) is 4.79 Å². The van der Waals surface area contributed by atoms with Gasteiger partial charge in [-0.1, -0.05) is 28.5 Å². The molecule has 0 radical (unpaired) electrons. The summed E-state index contributed by atoms with van der Waals surface area (Å²) in [5, 5.41) is 4.31. The summed E-state index contributed by atoms with van der Waals surface area (Å²) in [6, 6.07) is 10.9. The summed E-state index contributed by atoms with van der Waals surface area (Å²) in [4.78, 5) is 21.6. The Morgan fingerprint density at radius 3 is 2.87 bits per heavy atom. The number of halogens is 1. The average molecular weight is 480 g/mol. The Bertz CT molecular complexity index is 1100.